The summed E-state index contributed by atoms with van der Waals surface area (Å²) in [7, 11) is 1.82. The molecule has 6 nitrogen and oxygen atoms in total. The van der Waals surface area contributed by atoms with Crippen LogP contribution in [0.25, 0.3) is 22.2 Å². The summed E-state index contributed by atoms with van der Waals surface area (Å²) in [6, 6.07) is 13.8. The third kappa shape index (κ3) is 2.76. The normalized spacial score (nSPS) is 15.0. The first kappa shape index (κ1) is 14.8. The zero-order valence-corrected chi connectivity index (χ0v) is 13.6. The number of nitrogens with one attached hydrogen (secondary N) is 1. The van der Waals surface area contributed by atoms with Gasteiger partial charge in [-0.2, -0.15) is 15.0 Å². The Morgan fingerprint density at radius 1 is 0.958 bits per heavy atom. The number of hydrogen-bond acceptors (Lipinski definition) is 4. The molecule has 0 saturated carbocycles. The van der Waals surface area contributed by atoms with Crippen LogP contribution in [-0.2, 0) is 7.05 Å². The van der Waals surface area contributed by atoms with Gasteiger partial charge < -0.3 is 10.2 Å². The molecular formula is C18H19N5O. The van der Waals surface area contributed by atoms with Gasteiger partial charge in [-0.25, -0.2) is 0 Å². The first-order chi connectivity index (χ1) is 11.7. The molecule has 1 saturated heterocycles. The number of amides is 1. The van der Waals surface area contributed by atoms with Gasteiger partial charge in [0.05, 0.1) is 0 Å². The van der Waals surface area contributed by atoms with Crippen molar-refractivity contribution in [3.8, 4) is 11.1 Å². The van der Waals surface area contributed by atoms with Gasteiger partial charge in [-0.1, -0.05) is 18.2 Å². The summed E-state index contributed by atoms with van der Waals surface area (Å²) in [5, 5.41) is 11.9. The van der Waals surface area contributed by atoms with Crippen LogP contribution in [0.4, 0.5) is 0 Å². The van der Waals surface area contributed by atoms with Gasteiger partial charge >= 0.3 is 0 Å². The third-order valence-electron chi connectivity index (χ3n) is 4.35. The molecule has 1 aliphatic heterocycles. The first-order valence-corrected chi connectivity index (χ1v) is 8.12. The molecule has 24 heavy (non-hydrogen) atoms. The van der Waals surface area contributed by atoms with Crippen molar-refractivity contribution >= 4 is 16.9 Å². The smallest absolute Gasteiger partial charge is 0.253 e. The molecule has 1 fully saturated rings. The second-order valence-corrected chi connectivity index (χ2v) is 6.01. The van der Waals surface area contributed by atoms with Gasteiger partial charge in [-0.3, -0.25) is 4.79 Å². The van der Waals surface area contributed by atoms with Crippen LogP contribution in [0.5, 0.6) is 0 Å². The van der Waals surface area contributed by atoms with Gasteiger partial charge in [0.1, 0.15) is 11.0 Å². The summed E-state index contributed by atoms with van der Waals surface area (Å²) >= 11 is 0. The van der Waals surface area contributed by atoms with Gasteiger partial charge in [0.25, 0.3) is 5.91 Å². The van der Waals surface area contributed by atoms with Crippen molar-refractivity contribution < 1.29 is 4.79 Å². The van der Waals surface area contributed by atoms with E-state index in [4.69, 9.17) is 0 Å². The molecule has 0 spiro atoms. The van der Waals surface area contributed by atoms with E-state index in [0.29, 0.717) is 0 Å². The summed E-state index contributed by atoms with van der Waals surface area (Å²) in [6.07, 6.45) is 0. The van der Waals surface area contributed by atoms with E-state index in [0.717, 1.165) is 53.9 Å². The van der Waals surface area contributed by atoms with E-state index in [-0.39, 0.29) is 5.91 Å². The van der Waals surface area contributed by atoms with Crippen LogP contribution in [0.1, 0.15) is 10.4 Å². The van der Waals surface area contributed by atoms with Crippen molar-refractivity contribution in [2.45, 2.75) is 0 Å². The van der Waals surface area contributed by atoms with E-state index < -0.39 is 0 Å². The molecule has 0 aliphatic carbocycles. The minimum atomic E-state index is 0.104. The fraction of sp³-hybridized carbons (Fsp3) is 0.278. The maximum atomic E-state index is 12.5. The van der Waals surface area contributed by atoms with Gasteiger partial charge in [0.2, 0.25) is 0 Å². The number of nitrogens with zero attached hydrogens (tertiary/aromatic N) is 4. The van der Waals surface area contributed by atoms with Crippen LogP contribution in [0.15, 0.2) is 42.5 Å². The Labute approximate surface area is 140 Å². The minimum absolute atomic E-state index is 0.104. The van der Waals surface area contributed by atoms with Crippen molar-refractivity contribution in [3.63, 3.8) is 0 Å². The fourth-order valence-corrected chi connectivity index (χ4v) is 3.06. The molecule has 0 bridgehead atoms. The lowest BCUT2D eigenvalue weighted by atomic mass is 10.0. The van der Waals surface area contributed by atoms with E-state index in [1.807, 2.05) is 54.4 Å². The molecule has 0 radical (unpaired) electrons. The highest BCUT2D eigenvalue weighted by atomic mass is 16.2. The van der Waals surface area contributed by atoms with Crippen LogP contribution in [0.2, 0.25) is 0 Å². The number of rotatable bonds is 2. The number of carbonyl (C=O) groups excluding carboxylic acids is 1. The Morgan fingerprint density at radius 3 is 2.38 bits per heavy atom. The highest BCUT2D eigenvalue weighted by molar-refractivity contribution is 5.95. The predicted molar refractivity (Wildman–Crippen MR) is 92.7 cm³/mol. The van der Waals surface area contributed by atoms with Crippen LogP contribution in [0.3, 0.4) is 0 Å². The molecular weight excluding hydrogens is 302 g/mol. The van der Waals surface area contributed by atoms with Crippen LogP contribution in [-0.4, -0.2) is 52.0 Å². The number of aromatic nitrogens is 3. The minimum Gasteiger partial charge on any atom is -0.336 e. The van der Waals surface area contributed by atoms with E-state index in [1.165, 1.54) is 0 Å². The SMILES string of the molecule is Cn1nc2ccc(-c3ccc(C(=O)N4CCNCC4)cc3)cc2n1. The molecule has 1 amide bonds. The van der Waals surface area contributed by atoms with Crippen molar-refractivity contribution in [3.05, 3.63) is 48.0 Å². The molecule has 1 N–H and O–H groups in total. The Balaban J connectivity index is 1.58. The average molecular weight is 321 g/mol. The number of hydrogen-bond donors (Lipinski definition) is 1. The lowest BCUT2D eigenvalue weighted by molar-refractivity contribution is 0.0736. The first-order valence-electron chi connectivity index (χ1n) is 8.12. The lowest BCUT2D eigenvalue weighted by Gasteiger charge is -2.27. The Hall–Kier alpha value is -2.73. The topological polar surface area (TPSA) is 63.1 Å². The summed E-state index contributed by atoms with van der Waals surface area (Å²) in [6.45, 7) is 3.26. The van der Waals surface area contributed by atoms with Crippen molar-refractivity contribution in [1.29, 1.82) is 0 Å². The predicted octanol–water partition coefficient (Wildman–Crippen LogP) is 1.68. The molecule has 2 heterocycles. The maximum absolute atomic E-state index is 12.5. The quantitative estimate of drug-likeness (QED) is 0.780. The Kier molecular flexibility index (Phi) is 3.74. The van der Waals surface area contributed by atoms with Gasteiger partial charge in [0, 0.05) is 38.8 Å². The van der Waals surface area contributed by atoms with Gasteiger partial charge in [-0.05, 0) is 35.4 Å². The van der Waals surface area contributed by atoms with Crippen molar-refractivity contribution in [2.75, 3.05) is 26.2 Å². The Morgan fingerprint density at radius 2 is 1.62 bits per heavy atom. The molecule has 3 aromatic rings. The number of aryl methyl sites for hydroxylation is 1. The Bertz CT molecular complexity index is 878. The van der Waals surface area contributed by atoms with Crippen LogP contribution >= 0.6 is 0 Å². The van der Waals surface area contributed by atoms with E-state index in [2.05, 4.69) is 15.5 Å². The number of fused-ring (bicyclic) bond motifs is 1. The molecule has 2 aromatic carbocycles. The van der Waals surface area contributed by atoms with Gasteiger partial charge in [-0.15, -0.1) is 0 Å². The lowest BCUT2D eigenvalue weighted by Crippen LogP contribution is -2.46. The highest BCUT2D eigenvalue weighted by Gasteiger charge is 2.17. The highest BCUT2D eigenvalue weighted by Crippen LogP contribution is 2.23. The molecule has 1 aliphatic rings. The average Bonchev–Trinajstić information content (AvgIpc) is 3.01. The number of carbonyl (C=O) groups is 1. The molecule has 0 unspecified atom stereocenters. The maximum Gasteiger partial charge on any atom is 0.253 e. The monoisotopic (exact) mass is 321 g/mol. The largest absolute Gasteiger partial charge is 0.336 e. The fourth-order valence-electron chi connectivity index (χ4n) is 3.06. The summed E-state index contributed by atoms with van der Waals surface area (Å²) < 4.78 is 0. The molecule has 0 atom stereocenters. The van der Waals surface area contributed by atoms with E-state index in [9.17, 15) is 4.79 Å². The molecule has 4 rings (SSSR count). The van der Waals surface area contributed by atoms with Crippen molar-refractivity contribution in [2.24, 2.45) is 7.05 Å². The van der Waals surface area contributed by atoms with E-state index >= 15 is 0 Å². The second kappa shape index (κ2) is 6.05. The zero-order chi connectivity index (χ0) is 16.5. The summed E-state index contributed by atoms with van der Waals surface area (Å²) in [5.74, 6) is 0.104. The van der Waals surface area contributed by atoms with Crippen LogP contribution in [0, 0.1) is 0 Å². The molecule has 1 aromatic heterocycles. The van der Waals surface area contributed by atoms with Crippen LogP contribution < -0.4 is 5.32 Å². The summed E-state index contributed by atoms with van der Waals surface area (Å²) in [4.78, 5) is 16.0. The number of piperazine rings is 1. The molecule has 122 valence electrons. The second-order valence-electron chi connectivity index (χ2n) is 6.01. The third-order valence-corrected chi connectivity index (χ3v) is 4.35. The molecule has 6 heteroatoms. The van der Waals surface area contributed by atoms with E-state index in [1.54, 1.807) is 4.80 Å². The summed E-state index contributed by atoms with van der Waals surface area (Å²) in [5.41, 5.74) is 4.63. The van der Waals surface area contributed by atoms with Gasteiger partial charge in [0.15, 0.2) is 0 Å². The standard InChI is InChI=1S/C18H19N5O/c1-22-20-16-7-6-15(12-17(16)21-22)13-2-4-14(5-3-13)18(24)23-10-8-19-9-11-23/h2-7,12,19H,8-11H2,1H3. The number of benzene rings is 2. The van der Waals surface area contributed by atoms with Crippen molar-refractivity contribution in [1.82, 2.24) is 25.2 Å². The zero-order valence-electron chi connectivity index (χ0n) is 13.6.